The maximum Gasteiger partial charge on any atom is 0.221 e. The molecule has 2 N–H and O–H groups in total. The van der Waals surface area contributed by atoms with Crippen molar-refractivity contribution in [1.29, 1.82) is 0 Å². The predicted octanol–water partition coefficient (Wildman–Crippen LogP) is 2.17. The molecule has 2 saturated heterocycles. The van der Waals surface area contributed by atoms with Crippen LogP contribution in [0.3, 0.4) is 0 Å². The van der Waals surface area contributed by atoms with E-state index in [0.717, 1.165) is 11.9 Å². The first-order valence-corrected chi connectivity index (χ1v) is 12.9. The Morgan fingerprint density at radius 1 is 1.39 bits per heavy atom. The number of amides is 1. The van der Waals surface area contributed by atoms with Crippen molar-refractivity contribution in [1.82, 2.24) is 24.6 Å². The Balaban J connectivity index is 1.34. The Bertz CT molecular complexity index is 1090. The van der Waals surface area contributed by atoms with Crippen molar-refractivity contribution in [2.75, 3.05) is 38.6 Å². The van der Waals surface area contributed by atoms with Crippen LogP contribution in [0.4, 0.5) is 4.39 Å². The number of carbonyl (C=O) groups is 1. The van der Waals surface area contributed by atoms with Crippen LogP contribution in [0.5, 0.6) is 0 Å². The number of H-pyrrole nitrogens is 1. The first kappa shape index (κ1) is 24.1. The summed E-state index contributed by atoms with van der Waals surface area (Å²) in [5, 5.41) is 3.07. The fraction of sp³-hybridized carbons (Fsp3) is 0.571. The van der Waals surface area contributed by atoms with Crippen LogP contribution in [0.2, 0.25) is 5.15 Å². The predicted molar refractivity (Wildman–Crippen MR) is 121 cm³/mol. The molecule has 4 rings (SSSR count). The molecule has 2 fully saturated rings. The maximum atomic E-state index is 13.1. The SMILES string of the molecule is C[C@H]1CN(S(=O)(=O)CCC(=O)NCC2COC2)CC[C@H]1c1[nH]c(-c2ccc(F)cn2)nc1Cl. The number of nitrogens with zero attached hydrogens (tertiary/aromatic N) is 3. The molecule has 2 aliphatic rings. The number of hydrogen-bond acceptors (Lipinski definition) is 6. The Morgan fingerprint density at radius 3 is 2.82 bits per heavy atom. The van der Waals surface area contributed by atoms with Crippen molar-refractivity contribution in [2.45, 2.75) is 25.7 Å². The first-order chi connectivity index (χ1) is 15.7. The number of halogens is 2. The van der Waals surface area contributed by atoms with E-state index in [9.17, 15) is 17.6 Å². The van der Waals surface area contributed by atoms with Gasteiger partial charge in [0.2, 0.25) is 15.9 Å². The molecule has 33 heavy (non-hydrogen) atoms. The summed E-state index contributed by atoms with van der Waals surface area (Å²) in [5.74, 6) is -0.200. The lowest BCUT2D eigenvalue weighted by atomic mass is 9.86. The molecule has 2 aliphatic heterocycles. The first-order valence-electron chi connectivity index (χ1n) is 10.9. The van der Waals surface area contributed by atoms with E-state index in [-0.39, 0.29) is 29.9 Å². The smallest absolute Gasteiger partial charge is 0.221 e. The van der Waals surface area contributed by atoms with Crippen molar-refractivity contribution in [2.24, 2.45) is 11.8 Å². The highest BCUT2D eigenvalue weighted by Gasteiger charge is 2.35. The van der Waals surface area contributed by atoms with Crippen molar-refractivity contribution < 1.29 is 22.3 Å². The Labute approximate surface area is 197 Å². The second kappa shape index (κ2) is 10.0. The van der Waals surface area contributed by atoms with Crippen LogP contribution >= 0.6 is 11.6 Å². The second-order valence-corrected chi connectivity index (χ2v) is 11.1. The van der Waals surface area contributed by atoms with Crippen LogP contribution in [0.25, 0.3) is 11.5 Å². The lowest BCUT2D eigenvalue weighted by molar-refractivity contribution is -0.121. The van der Waals surface area contributed by atoms with Crippen LogP contribution < -0.4 is 5.32 Å². The molecule has 1 amide bonds. The van der Waals surface area contributed by atoms with E-state index in [4.69, 9.17) is 16.3 Å². The van der Waals surface area contributed by atoms with Crippen molar-refractivity contribution >= 4 is 27.5 Å². The number of aromatic nitrogens is 3. The van der Waals surface area contributed by atoms with E-state index >= 15 is 0 Å². The minimum absolute atomic E-state index is 0.0151. The highest BCUT2D eigenvalue weighted by Crippen LogP contribution is 2.37. The zero-order chi connectivity index (χ0) is 23.6. The number of hydrogen-bond donors (Lipinski definition) is 2. The fourth-order valence-corrected chi connectivity index (χ4v) is 5.96. The zero-order valence-corrected chi connectivity index (χ0v) is 19.8. The van der Waals surface area contributed by atoms with Crippen molar-refractivity contribution in [3.8, 4) is 11.5 Å². The summed E-state index contributed by atoms with van der Waals surface area (Å²) in [6, 6.07) is 2.81. The van der Waals surface area contributed by atoms with Gasteiger partial charge in [0.25, 0.3) is 0 Å². The van der Waals surface area contributed by atoms with Gasteiger partial charge < -0.3 is 15.0 Å². The Kier molecular flexibility index (Phi) is 7.32. The zero-order valence-electron chi connectivity index (χ0n) is 18.3. The van der Waals surface area contributed by atoms with Gasteiger partial charge in [0.15, 0.2) is 11.0 Å². The van der Waals surface area contributed by atoms with E-state index in [1.165, 1.54) is 16.4 Å². The highest BCUT2D eigenvalue weighted by molar-refractivity contribution is 7.89. The van der Waals surface area contributed by atoms with Gasteiger partial charge in [-0.25, -0.2) is 27.1 Å². The third-order valence-electron chi connectivity index (χ3n) is 6.17. The van der Waals surface area contributed by atoms with Gasteiger partial charge in [-0.3, -0.25) is 4.79 Å². The van der Waals surface area contributed by atoms with E-state index < -0.39 is 15.8 Å². The van der Waals surface area contributed by atoms with Crippen LogP contribution in [0.1, 0.15) is 31.4 Å². The van der Waals surface area contributed by atoms with Crippen molar-refractivity contribution in [3.63, 3.8) is 0 Å². The van der Waals surface area contributed by atoms with Crippen LogP contribution in [0, 0.1) is 17.7 Å². The number of imidazole rings is 1. The molecule has 0 bridgehead atoms. The second-order valence-electron chi connectivity index (χ2n) is 8.66. The number of nitrogens with one attached hydrogen (secondary N) is 2. The molecule has 180 valence electrons. The fourth-order valence-electron chi connectivity index (χ4n) is 4.14. The lowest BCUT2D eigenvalue weighted by Crippen LogP contribution is -2.44. The Hall–Kier alpha value is -2.08. The average molecular weight is 500 g/mol. The molecular formula is C21H27ClFN5O4S. The molecule has 2 atom stereocenters. The summed E-state index contributed by atoms with van der Waals surface area (Å²) >= 11 is 6.37. The minimum Gasteiger partial charge on any atom is -0.381 e. The number of pyridine rings is 1. The van der Waals surface area contributed by atoms with Gasteiger partial charge in [0.05, 0.1) is 30.9 Å². The van der Waals surface area contributed by atoms with Gasteiger partial charge in [-0.15, -0.1) is 0 Å². The molecule has 0 radical (unpaired) electrons. The molecular weight excluding hydrogens is 473 g/mol. The number of piperidine rings is 1. The number of sulfonamides is 1. The summed E-state index contributed by atoms with van der Waals surface area (Å²) < 4.78 is 45.3. The quantitative estimate of drug-likeness (QED) is 0.575. The number of carbonyl (C=O) groups excluding carboxylic acids is 1. The molecule has 0 spiro atoms. The lowest BCUT2D eigenvalue weighted by Gasteiger charge is -2.35. The van der Waals surface area contributed by atoms with Crippen LogP contribution in [-0.2, 0) is 19.6 Å². The van der Waals surface area contributed by atoms with Crippen molar-refractivity contribution in [3.05, 3.63) is 35.0 Å². The van der Waals surface area contributed by atoms with Gasteiger partial charge in [0.1, 0.15) is 11.5 Å². The summed E-state index contributed by atoms with van der Waals surface area (Å²) in [6.45, 7) is 4.40. The molecule has 4 heterocycles. The third-order valence-corrected chi connectivity index (χ3v) is 8.30. The average Bonchev–Trinajstić information content (AvgIpc) is 3.13. The monoisotopic (exact) mass is 499 g/mol. The van der Waals surface area contributed by atoms with Gasteiger partial charge in [-0.2, -0.15) is 0 Å². The number of ether oxygens (including phenoxy) is 1. The van der Waals surface area contributed by atoms with Gasteiger partial charge >= 0.3 is 0 Å². The summed E-state index contributed by atoms with van der Waals surface area (Å²) in [4.78, 5) is 23.5. The van der Waals surface area contributed by atoms with E-state index in [1.54, 1.807) is 0 Å². The van der Waals surface area contributed by atoms with Gasteiger partial charge in [-0.05, 0) is 24.5 Å². The van der Waals surface area contributed by atoms with E-state index in [0.29, 0.717) is 61.9 Å². The molecule has 2 aromatic rings. The van der Waals surface area contributed by atoms with Gasteiger partial charge in [0, 0.05) is 37.9 Å². The van der Waals surface area contributed by atoms with E-state index in [2.05, 4.69) is 20.3 Å². The molecule has 0 unspecified atom stereocenters. The summed E-state index contributed by atoms with van der Waals surface area (Å²) in [6.07, 6.45) is 1.61. The third kappa shape index (κ3) is 5.71. The van der Waals surface area contributed by atoms with Crippen LogP contribution in [0.15, 0.2) is 18.3 Å². The summed E-state index contributed by atoms with van der Waals surface area (Å²) in [5.41, 5.74) is 1.20. The van der Waals surface area contributed by atoms with E-state index in [1.807, 2.05) is 6.92 Å². The highest BCUT2D eigenvalue weighted by atomic mass is 35.5. The Morgan fingerprint density at radius 2 is 2.18 bits per heavy atom. The molecule has 12 heteroatoms. The molecule has 0 saturated carbocycles. The largest absolute Gasteiger partial charge is 0.381 e. The van der Waals surface area contributed by atoms with Crippen LogP contribution in [-0.4, -0.2) is 72.2 Å². The normalized spacial score (nSPS) is 22.2. The number of rotatable bonds is 8. The molecule has 0 aromatic carbocycles. The summed E-state index contributed by atoms with van der Waals surface area (Å²) in [7, 11) is -3.56. The standard InChI is InChI=1S/C21H27ClFN5O4S/c1-13-10-28(33(30,31)7-5-18(29)25-8-14-11-32-12-14)6-4-16(13)19-20(22)27-21(26-19)17-3-2-15(23)9-24-17/h2-3,9,13-14,16H,4-8,10-12H2,1H3,(H,25,29)(H,26,27)/t13-,16+/m0/s1. The maximum absolute atomic E-state index is 13.1. The molecule has 0 aliphatic carbocycles. The number of aromatic amines is 1. The topological polar surface area (TPSA) is 117 Å². The minimum atomic E-state index is -3.56. The molecule has 9 nitrogen and oxygen atoms in total. The van der Waals surface area contributed by atoms with Gasteiger partial charge in [-0.1, -0.05) is 18.5 Å². The molecule has 2 aromatic heterocycles.